The van der Waals surface area contributed by atoms with Crippen LogP contribution in [0.3, 0.4) is 0 Å². The molecule has 61 heavy (non-hydrogen) atoms. The van der Waals surface area contributed by atoms with Gasteiger partial charge < -0.3 is 9.30 Å². The van der Waals surface area contributed by atoms with Gasteiger partial charge in [-0.1, -0.05) is 182 Å². The number of ether oxygens (including phenoxy) is 1. The largest absolute Gasteiger partial charge is 0.454 e. The standard InChI is InChI=1S/C57H35N3O/c1-3-17-37(18-4-1)49-35-50(59-56(58-49)38-19-5-2-6-20-38)39-21-15-22-40(34-39)60-51-33-30-36-16-7-8-23-41(36)53(51)44-31-32-48-55(54(44)60)61-52-29-14-13-28-47(52)57(48)45-26-11-9-24-42(45)43-25-10-12-27-46(43)57/h1-35H. The van der Waals surface area contributed by atoms with E-state index in [4.69, 9.17) is 14.7 Å². The Kier molecular flexibility index (Phi) is 7.19. The van der Waals surface area contributed by atoms with Crippen LogP contribution >= 0.6 is 0 Å². The Morgan fingerprint density at radius 2 is 1.05 bits per heavy atom. The van der Waals surface area contributed by atoms with Crippen LogP contribution in [-0.2, 0) is 5.41 Å². The van der Waals surface area contributed by atoms with Gasteiger partial charge in [0.15, 0.2) is 11.6 Å². The number of nitrogens with zero attached hydrogens (tertiary/aromatic N) is 3. The number of aromatic nitrogens is 3. The van der Waals surface area contributed by atoms with E-state index in [1.807, 2.05) is 24.3 Å². The van der Waals surface area contributed by atoms with E-state index >= 15 is 0 Å². The summed E-state index contributed by atoms with van der Waals surface area (Å²) in [5, 5.41) is 4.75. The summed E-state index contributed by atoms with van der Waals surface area (Å²) in [5.74, 6) is 2.43. The molecule has 0 fully saturated rings. The van der Waals surface area contributed by atoms with E-state index in [1.54, 1.807) is 0 Å². The lowest BCUT2D eigenvalue weighted by molar-refractivity contribution is 0.440. The predicted octanol–water partition coefficient (Wildman–Crippen LogP) is 14.2. The normalized spacial score (nSPS) is 13.2. The van der Waals surface area contributed by atoms with Crippen LogP contribution in [0.15, 0.2) is 212 Å². The first kappa shape index (κ1) is 33.8. The Hall–Kier alpha value is -8.08. The third-order valence-corrected chi connectivity index (χ3v) is 12.9. The SMILES string of the molecule is c1ccc(-c2cc(-c3cccc(-n4c5ccc6ccccc6c5c5ccc6c(c54)Oc4ccccc4C64c5ccccc5-c5ccccc54)c3)nc(-c3ccccc3)n2)cc1. The molecule has 1 aliphatic carbocycles. The molecule has 1 aliphatic heterocycles. The monoisotopic (exact) mass is 777 g/mol. The van der Waals surface area contributed by atoms with Gasteiger partial charge in [-0.3, -0.25) is 0 Å². The van der Waals surface area contributed by atoms with Gasteiger partial charge in [0, 0.05) is 44.3 Å². The van der Waals surface area contributed by atoms with Gasteiger partial charge in [0.05, 0.1) is 27.8 Å². The molecule has 11 aromatic rings. The van der Waals surface area contributed by atoms with E-state index in [2.05, 4.69) is 193 Å². The molecular weight excluding hydrogens is 743 g/mol. The van der Waals surface area contributed by atoms with Gasteiger partial charge in [0.25, 0.3) is 0 Å². The van der Waals surface area contributed by atoms with Crippen molar-refractivity contribution in [2.24, 2.45) is 0 Å². The molecule has 0 amide bonds. The molecule has 0 saturated heterocycles. The summed E-state index contributed by atoms with van der Waals surface area (Å²) in [6, 6.07) is 75.8. The average molecular weight is 778 g/mol. The fourth-order valence-electron chi connectivity index (χ4n) is 10.3. The van der Waals surface area contributed by atoms with Crippen LogP contribution in [0.5, 0.6) is 11.5 Å². The summed E-state index contributed by atoms with van der Waals surface area (Å²) in [4.78, 5) is 10.3. The van der Waals surface area contributed by atoms with E-state index < -0.39 is 5.41 Å². The number of rotatable bonds is 4. The van der Waals surface area contributed by atoms with Crippen LogP contribution in [0.2, 0.25) is 0 Å². The highest BCUT2D eigenvalue weighted by atomic mass is 16.5. The van der Waals surface area contributed by atoms with E-state index in [0.717, 1.165) is 72.8 Å². The maximum absolute atomic E-state index is 7.31. The minimum absolute atomic E-state index is 0.584. The molecule has 2 aliphatic rings. The highest BCUT2D eigenvalue weighted by Gasteiger charge is 2.51. The zero-order chi connectivity index (χ0) is 40.1. The van der Waals surface area contributed by atoms with Gasteiger partial charge in [-0.15, -0.1) is 0 Å². The maximum Gasteiger partial charge on any atom is 0.160 e. The summed E-state index contributed by atoms with van der Waals surface area (Å²) in [6.45, 7) is 0. The number of hydrogen-bond acceptors (Lipinski definition) is 3. The number of para-hydroxylation sites is 1. The van der Waals surface area contributed by atoms with E-state index in [0.29, 0.717) is 5.82 Å². The van der Waals surface area contributed by atoms with Crippen molar-refractivity contribution in [3.63, 3.8) is 0 Å². The first-order valence-corrected chi connectivity index (χ1v) is 20.8. The molecule has 284 valence electrons. The topological polar surface area (TPSA) is 39.9 Å². The minimum atomic E-state index is -0.584. The van der Waals surface area contributed by atoms with Crippen LogP contribution in [0, 0.1) is 0 Å². The third-order valence-electron chi connectivity index (χ3n) is 12.9. The molecule has 0 radical (unpaired) electrons. The van der Waals surface area contributed by atoms with Gasteiger partial charge in [0.2, 0.25) is 0 Å². The third kappa shape index (κ3) is 4.82. The molecule has 1 spiro atoms. The summed E-state index contributed by atoms with van der Waals surface area (Å²) in [7, 11) is 0. The van der Waals surface area contributed by atoms with Gasteiger partial charge in [-0.05, 0) is 63.4 Å². The van der Waals surface area contributed by atoms with Crippen molar-refractivity contribution in [1.29, 1.82) is 0 Å². The van der Waals surface area contributed by atoms with Crippen molar-refractivity contribution in [2.45, 2.75) is 5.41 Å². The molecular formula is C57H35N3O. The van der Waals surface area contributed by atoms with E-state index in [1.165, 1.54) is 38.4 Å². The molecule has 4 heteroatoms. The van der Waals surface area contributed by atoms with Crippen LogP contribution in [0.25, 0.3) is 83.3 Å². The van der Waals surface area contributed by atoms with Gasteiger partial charge >= 0.3 is 0 Å². The van der Waals surface area contributed by atoms with Crippen molar-refractivity contribution in [3.05, 3.63) is 235 Å². The molecule has 0 bridgehead atoms. The fourth-order valence-corrected chi connectivity index (χ4v) is 10.3. The summed E-state index contributed by atoms with van der Waals surface area (Å²) in [5.41, 5.74) is 14.7. The van der Waals surface area contributed by atoms with Crippen molar-refractivity contribution in [2.75, 3.05) is 0 Å². The van der Waals surface area contributed by atoms with Gasteiger partial charge in [0.1, 0.15) is 5.75 Å². The van der Waals surface area contributed by atoms with Crippen molar-refractivity contribution in [3.8, 4) is 62.2 Å². The first-order valence-electron chi connectivity index (χ1n) is 20.8. The van der Waals surface area contributed by atoms with Crippen molar-refractivity contribution < 1.29 is 4.74 Å². The lowest BCUT2D eigenvalue weighted by Crippen LogP contribution is -2.32. The molecule has 0 unspecified atom stereocenters. The molecule has 13 rings (SSSR count). The Bertz CT molecular complexity index is 3470. The molecule has 0 saturated carbocycles. The summed E-state index contributed by atoms with van der Waals surface area (Å²) >= 11 is 0. The molecule has 9 aromatic carbocycles. The highest BCUT2D eigenvalue weighted by molar-refractivity contribution is 6.22. The van der Waals surface area contributed by atoms with Crippen LogP contribution in [-0.4, -0.2) is 14.5 Å². The van der Waals surface area contributed by atoms with Crippen LogP contribution in [0.1, 0.15) is 22.3 Å². The van der Waals surface area contributed by atoms with E-state index in [9.17, 15) is 0 Å². The van der Waals surface area contributed by atoms with Crippen LogP contribution < -0.4 is 4.74 Å². The smallest absolute Gasteiger partial charge is 0.160 e. The zero-order valence-corrected chi connectivity index (χ0v) is 33.0. The molecule has 4 nitrogen and oxygen atoms in total. The second kappa shape index (κ2) is 13.0. The Balaban J connectivity index is 1.12. The Morgan fingerprint density at radius 1 is 0.426 bits per heavy atom. The number of fused-ring (bicyclic) bond motifs is 15. The van der Waals surface area contributed by atoms with Gasteiger partial charge in [-0.25, -0.2) is 9.97 Å². The fraction of sp³-hybridized carbons (Fsp3) is 0.0175. The Labute approximate surface area is 352 Å². The second-order valence-electron chi connectivity index (χ2n) is 16.0. The van der Waals surface area contributed by atoms with Gasteiger partial charge in [-0.2, -0.15) is 0 Å². The number of benzene rings is 9. The Morgan fingerprint density at radius 3 is 1.82 bits per heavy atom. The van der Waals surface area contributed by atoms with Crippen molar-refractivity contribution >= 4 is 32.6 Å². The molecule has 0 N–H and O–H groups in total. The summed E-state index contributed by atoms with van der Waals surface area (Å²) < 4.78 is 9.74. The molecule has 2 aromatic heterocycles. The average Bonchev–Trinajstić information content (AvgIpc) is 3.84. The molecule has 3 heterocycles. The lowest BCUT2D eigenvalue weighted by atomic mass is 9.66. The number of hydrogen-bond donors (Lipinski definition) is 0. The zero-order valence-electron chi connectivity index (χ0n) is 33.0. The van der Waals surface area contributed by atoms with Crippen molar-refractivity contribution in [1.82, 2.24) is 14.5 Å². The first-order chi connectivity index (χ1) is 30.3. The minimum Gasteiger partial charge on any atom is -0.454 e. The second-order valence-corrected chi connectivity index (χ2v) is 16.0. The summed E-state index contributed by atoms with van der Waals surface area (Å²) in [6.07, 6.45) is 0. The predicted molar refractivity (Wildman–Crippen MR) is 248 cm³/mol. The molecule has 0 atom stereocenters. The van der Waals surface area contributed by atoms with Crippen LogP contribution in [0.4, 0.5) is 0 Å². The maximum atomic E-state index is 7.31. The van der Waals surface area contributed by atoms with E-state index in [-0.39, 0.29) is 0 Å². The highest BCUT2D eigenvalue weighted by Crippen LogP contribution is 2.63. The quantitative estimate of drug-likeness (QED) is 0.179. The lowest BCUT2D eigenvalue weighted by Gasteiger charge is -2.39.